The molecule has 0 bridgehead atoms. The fraction of sp³-hybridized carbons (Fsp3) is 0.111. The van der Waals surface area contributed by atoms with Crippen LogP contribution in [0.3, 0.4) is 0 Å². The average molecular weight is 190 g/mol. The van der Waals surface area contributed by atoms with Crippen LogP contribution >= 0.6 is 0 Å². The molecule has 0 aliphatic carbocycles. The van der Waals surface area contributed by atoms with Crippen LogP contribution in [0.25, 0.3) is 0 Å². The number of aromatic amines is 1. The number of H-pyrrole nitrogens is 1. The predicted molar refractivity (Wildman–Crippen MR) is 51.3 cm³/mol. The molecule has 0 aliphatic rings. The van der Waals surface area contributed by atoms with E-state index in [1.807, 2.05) is 0 Å². The molecular formula is C9H10N4O. The topological polar surface area (TPSA) is 87.8 Å². The molecule has 5 nitrogen and oxygen atoms in total. The quantitative estimate of drug-likeness (QED) is 0.642. The van der Waals surface area contributed by atoms with E-state index in [-0.39, 0.29) is 0 Å². The molecule has 4 N–H and O–H groups in total. The van der Waals surface area contributed by atoms with Gasteiger partial charge in [0.15, 0.2) is 0 Å². The molecule has 1 atom stereocenters. The van der Waals surface area contributed by atoms with E-state index in [9.17, 15) is 5.11 Å². The van der Waals surface area contributed by atoms with Crippen molar-refractivity contribution in [2.75, 3.05) is 5.73 Å². The molecular weight excluding hydrogens is 180 g/mol. The molecule has 2 aromatic rings. The third kappa shape index (κ3) is 1.45. The summed E-state index contributed by atoms with van der Waals surface area (Å²) in [7, 11) is 0. The van der Waals surface area contributed by atoms with Gasteiger partial charge in [0.1, 0.15) is 11.9 Å². The van der Waals surface area contributed by atoms with E-state index in [0.29, 0.717) is 16.9 Å². The number of rotatable bonds is 2. The van der Waals surface area contributed by atoms with Gasteiger partial charge in [-0.05, 0) is 6.07 Å². The zero-order chi connectivity index (χ0) is 9.97. The van der Waals surface area contributed by atoms with Crippen molar-refractivity contribution in [1.29, 1.82) is 0 Å². The van der Waals surface area contributed by atoms with Crippen LogP contribution in [0.5, 0.6) is 0 Å². The van der Waals surface area contributed by atoms with Crippen LogP contribution in [0, 0.1) is 0 Å². The Kier molecular flexibility index (Phi) is 2.16. The van der Waals surface area contributed by atoms with Gasteiger partial charge >= 0.3 is 0 Å². The minimum absolute atomic E-state index is 0.376. The second kappa shape index (κ2) is 3.47. The van der Waals surface area contributed by atoms with Crippen molar-refractivity contribution in [2.24, 2.45) is 0 Å². The highest BCUT2D eigenvalue weighted by atomic mass is 16.3. The SMILES string of the molecule is Nc1[nH]ncc1C(O)c1cccnc1. The number of anilines is 1. The van der Waals surface area contributed by atoms with Gasteiger partial charge in [-0.1, -0.05) is 6.07 Å². The number of aliphatic hydroxyl groups is 1. The van der Waals surface area contributed by atoms with Crippen LogP contribution < -0.4 is 5.73 Å². The molecule has 5 heteroatoms. The van der Waals surface area contributed by atoms with Gasteiger partial charge in [0.2, 0.25) is 0 Å². The Hall–Kier alpha value is -1.88. The summed E-state index contributed by atoms with van der Waals surface area (Å²) in [6.45, 7) is 0. The van der Waals surface area contributed by atoms with E-state index in [0.717, 1.165) is 0 Å². The maximum atomic E-state index is 9.88. The van der Waals surface area contributed by atoms with Gasteiger partial charge in [-0.2, -0.15) is 5.10 Å². The average Bonchev–Trinajstić information content (AvgIpc) is 2.65. The standard InChI is InChI=1S/C9H10N4O/c10-9-7(5-12-13-9)8(14)6-2-1-3-11-4-6/h1-5,8,14H,(H3,10,12,13). The van der Waals surface area contributed by atoms with Crippen LogP contribution in [0.1, 0.15) is 17.2 Å². The smallest absolute Gasteiger partial charge is 0.125 e. The maximum Gasteiger partial charge on any atom is 0.125 e. The molecule has 0 aliphatic heterocycles. The number of nitrogens with zero attached hydrogens (tertiary/aromatic N) is 2. The zero-order valence-electron chi connectivity index (χ0n) is 7.38. The van der Waals surface area contributed by atoms with Gasteiger partial charge in [-0.3, -0.25) is 10.1 Å². The largest absolute Gasteiger partial charge is 0.384 e. The van der Waals surface area contributed by atoms with Crippen LogP contribution in [-0.4, -0.2) is 20.3 Å². The van der Waals surface area contributed by atoms with Crippen LogP contribution in [-0.2, 0) is 0 Å². The highest BCUT2D eigenvalue weighted by Gasteiger charge is 2.14. The number of hydrogen-bond acceptors (Lipinski definition) is 4. The fourth-order valence-electron chi connectivity index (χ4n) is 1.24. The second-order valence-corrected chi connectivity index (χ2v) is 2.93. The van der Waals surface area contributed by atoms with E-state index < -0.39 is 6.10 Å². The number of aliphatic hydroxyl groups excluding tert-OH is 1. The first-order valence-electron chi connectivity index (χ1n) is 4.16. The first kappa shape index (κ1) is 8.71. The van der Waals surface area contributed by atoms with E-state index in [1.165, 1.54) is 6.20 Å². The number of nitrogens with one attached hydrogen (secondary N) is 1. The first-order valence-corrected chi connectivity index (χ1v) is 4.16. The number of pyridine rings is 1. The second-order valence-electron chi connectivity index (χ2n) is 2.93. The fourth-order valence-corrected chi connectivity index (χ4v) is 1.24. The Labute approximate surface area is 80.6 Å². The van der Waals surface area contributed by atoms with Crippen molar-refractivity contribution in [3.63, 3.8) is 0 Å². The van der Waals surface area contributed by atoms with Gasteiger partial charge in [0.25, 0.3) is 0 Å². The lowest BCUT2D eigenvalue weighted by Gasteiger charge is -2.08. The minimum atomic E-state index is -0.776. The van der Waals surface area contributed by atoms with Crippen molar-refractivity contribution < 1.29 is 5.11 Å². The first-order chi connectivity index (χ1) is 6.79. The molecule has 0 aromatic carbocycles. The summed E-state index contributed by atoms with van der Waals surface area (Å²) in [6.07, 6.45) is 3.97. The summed E-state index contributed by atoms with van der Waals surface area (Å²) >= 11 is 0. The molecule has 0 spiro atoms. The van der Waals surface area contributed by atoms with Crippen LogP contribution in [0.2, 0.25) is 0 Å². The van der Waals surface area contributed by atoms with E-state index in [4.69, 9.17) is 5.73 Å². The molecule has 2 aromatic heterocycles. The summed E-state index contributed by atoms with van der Waals surface area (Å²) in [6, 6.07) is 3.54. The number of nitrogens with two attached hydrogens (primary N) is 1. The molecule has 0 saturated heterocycles. The lowest BCUT2D eigenvalue weighted by Crippen LogP contribution is -2.02. The molecule has 0 amide bonds. The third-order valence-corrected chi connectivity index (χ3v) is 1.99. The molecule has 72 valence electrons. The summed E-state index contributed by atoms with van der Waals surface area (Å²) in [4.78, 5) is 3.91. The minimum Gasteiger partial charge on any atom is -0.384 e. The number of aromatic nitrogens is 3. The maximum absolute atomic E-state index is 9.88. The summed E-state index contributed by atoms with van der Waals surface area (Å²) in [5.74, 6) is 0.376. The van der Waals surface area contributed by atoms with Crippen molar-refractivity contribution in [3.05, 3.63) is 41.9 Å². The summed E-state index contributed by atoms with van der Waals surface area (Å²) in [5.41, 5.74) is 6.84. The van der Waals surface area contributed by atoms with Gasteiger partial charge in [0, 0.05) is 23.5 Å². The third-order valence-electron chi connectivity index (χ3n) is 1.99. The van der Waals surface area contributed by atoms with Gasteiger partial charge in [-0.25, -0.2) is 0 Å². The van der Waals surface area contributed by atoms with Crippen molar-refractivity contribution >= 4 is 5.82 Å². The van der Waals surface area contributed by atoms with Crippen LogP contribution in [0.15, 0.2) is 30.7 Å². The lowest BCUT2D eigenvalue weighted by atomic mass is 10.1. The van der Waals surface area contributed by atoms with Crippen LogP contribution in [0.4, 0.5) is 5.82 Å². The Morgan fingerprint density at radius 3 is 2.86 bits per heavy atom. The Morgan fingerprint density at radius 2 is 2.29 bits per heavy atom. The number of nitrogen functional groups attached to an aromatic ring is 1. The number of hydrogen-bond donors (Lipinski definition) is 3. The molecule has 2 heterocycles. The van der Waals surface area contributed by atoms with Crippen molar-refractivity contribution in [1.82, 2.24) is 15.2 Å². The molecule has 0 fully saturated rings. The predicted octanol–water partition coefficient (Wildman–Crippen LogP) is 0.469. The molecule has 1 unspecified atom stereocenters. The van der Waals surface area contributed by atoms with E-state index in [2.05, 4.69) is 15.2 Å². The molecule has 2 rings (SSSR count). The normalized spacial score (nSPS) is 12.6. The Bertz CT molecular complexity index is 412. The summed E-state index contributed by atoms with van der Waals surface area (Å²) < 4.78 is 0. The highest BCUT2D eigenvalue weighted by Crippen LogP contribution is 2.23. The molecule has 0 saturated carbocycles. The zero-order valence-corrected chi connectivity index (χ0v) is 7.38. The summed E-state index contributed by atoms with van der Waals surface area (Å²) in [5, 5.41) is 16.2. The van der Waals surface area contributed by atoms with Crippen molar-refractivity contribution in [3.8, 4) is 0 Å². The molecule has 14 heavy (non-hydrogen) atoms. The Balaban J connectivity index is 2.34. The Morgan fingerprint density at radius 1 is 1.43 bits per heavy atom. The van der Waals surface area contributed by atoms with E-state index >= 15 is 0 Å². The van der Waals surface area contributed by atoms with Gasteiger partial charge < -0.3 is 10.8 Å². The van der Waals surface area contributed by atoms with Gasteiger partial charge in [0.05, 0.1) is 6.20 Å². The lowest BCUT2D eigenvalue weighted by molar-refractivity contribution is 0.220. The van der Waals surface area contributed by atoms with Crippen molar-refractivity contribution in [2.45, 2.75) is 6.10 Å². The highest BCUT2D eigenvalue weighted by molar-refractivity contribution is 5.42. The van der Waals surface area contributed by atoms with Gasteiger partial charge in [-0.15, -0.1) is 0 Å². The molecule has 0 radical (unpaired) electrons. The monoisotopic (exact) mass is 190 g/mol. The van der Waals surface area contributed by atoms with E-state index in [1.54, 1.807) is 24.5 Å².